The zero-order valence-electron chi connectivity index (χ0n) is 8.91. The highest BCUT2D eigenvalue weighted by Crippen LogP contribution is 2.34. The first-order valence-corrected chi connectivity index (χ1v) is 5.35. The minimum Gasteiger partial charge on any atom is -0.468 e. The van der Waals surface area contributed by atoms with Crippen molar-refractivity contribution in [2.24, 2.45) is 0 Å². The molecule has 6 heteroatoms. The van der Waals surface area contributed by atoms with Crippen LogP contribution in [0.3, 0.4) is 0 Å². The van der Waals surface area contributed by atoms with Gasteiger partial charge in [0.2, 0.25) is 6.29 Å². The number of aliphatic hydroxyl groups is 1. The van der Waals surface area contributed by atoms with Crippen molar-refractivity contribution < 1.29 is 23.0 Å². The predicted octanol–water partition coefficient (Wildman–Crippen LogP) is 3.52. The van der Waals surface area contributed by atoms with Crippen molar-refractivity contribution in [1.82, 2.24) is 0 Å². The molecule has 1 aromatic carbocycles. The molecule has 2 nitrogen and oxygen atoms in total. The van der Waals surface area contributed by atoms with Crippen LogP contribution in [0.5, 0.6) is 0 Å². The zero-order chi connectivity index (χ0) is 13.3. The third-order valence-corrected chi connectivity index (χ3v) is 2.76. The van der Waals surface area contributed by atoms with E-state index >= 15 is 0 Å². The second kappa shape index (κ2) is 4.66. The Labute approximate surface area is 106 Å². The van der Waals surface area contributed by atoms with Gasteiger partial charge in [-0.1, -0.05) is 23.7 Å². The molecule has 1 unspecified atom stereocenters. The summed E-state index contributed by atoms with van der Waals surface area (Å²) in [5.41, 5.74) is -0.518. The summed E-state index contributed by atoms with van der Waals surface area (Å²) < 4.78 is 42.5. The summed E-state index contributed by atoms with van der Waals surface area (Å²) in [5, 5.41) is 9.74. The third kappa shape index (κ3) is 2.52. The highest BCUT2D eigenvalue weighted by molar-refractivity contribution is 6.34. The molecule has 0 amide bonds. The molecule has 2 rings (SSSR count). The highest BCUT2D eigenvalue weighted by Gasteiger charge is 2.31. The SMILES string of the molecule is OC1OC=CC(Cl)=C1c1cccc(C(F)(F)F)c1. The van der Waals surface area contributed by atoms with Crippen molar-refractivity contribution in [2.75, 3.05) is 0 Å². The fourth-order valence-corrected chi connectivity index (χ4v) is 1.85. The van der Waals surface area contributed by atoms with E-state index in [1.165, 1.54) is 24.5 Å². The van der Waals surface area contributed by atoms with Crippen LogP contribution in [0.25, 0.3) is 5.57 Å². The first-order valence-electron chi connectivity index (χ1n) is 4.97. The first kappa shape index (κ1) is 13.0. The number of halogens is 4. The lowest BCUT2D eigenvalue weighted by atomic mass is 10.0. The molecule has 1 atom stereocenters. The Morgan fingerprint density at radius 3 is 2.61 bits per heavy atom. The molecule has 1 N–H and O–H groups in total. The Morgan fingerprint density at radius 2 is 2.00 bits per heavy atom. The summed E-state index contributed by atoms with van der Waals surface area (Å²) in [5.74, 6) is 0. The number of allylic oxidation sites excluding steroid dienone is 2. The molecule has 0 aliphatic carbocycles. The molecule has 96 valence electrons. The van der Waals surface area contributed by atoms with Gasteiger partial charge in [0.05, 0.1) is 16.9 Å². The lowest BCUT2D eigenvalue weighted by Crippen LogP contribution is -2.15. The van der Waals surface area contributed by atoms with Crippen molar-refractivity contribution in [3.8, 4) is 0 Å². The molecule has 1 aliphatic rings. The first-order chi connectivity index (χ1) is 8.39. The predicted molar refractivity (Wildman–Crippen MR) is 60.4 cm³/mol. The van der Waals surface area contributed by atoms with Crippen LogP contribution in [0.1, 0.15) is 11.1 Å². The molecular formula is C12H8ClF3O2. The summed E-state index contributed by atoms with van der Waals surface area (Å²) >= 11 is 5.85. The standard InChI is InChI=1S/C12H8ClF3O2/c13-9-4-5-18-11(17)10(9)7-2-1-3-8(6-7)12(14,15)16/h1-6,11,17H. The average molecular weight is 277 g/mol. The van der Waals surface area contributed by atoms with Crippen LogP contribution < -0.4 is 0 Å². The van der Waals surface area contributed by atoms with Crippen LogP contribution >= 0.6 is 11.6 Å². The molecule has 1 aliphatic heterocycles. The smallest absolute Gasteiger partial charge is 0.416 e. The lowest BCUT2D eigenvalue weighted by Gasteiger charge is -2.20. The topological polar surface area (TPSA) is 29.5 Å². The zero-order valence-corrected chi connectivity index (χ0v) is 9.66. The minimum atomic E-state index is -4.45. The largest absolute Gasteiger partial charge is 0.468 e. The van der Waals surface area contributed by atoms with Gasteiger partial charge >= 0.3 is 6.18 Å². The van der Waals surface area contributed by atoms with E-state index in [1.807, 2.05) is 0 Å². The van der Waals surface area contributed by atoms with Crippen LogP contribution in [0, 0.1) is 0 Å². The quantitative estimate of drug-likeness (QED) is 0.850. The highest BCUT2D eigenvalue weighted by atomic mass is 35.5. The molecule has 0 aromatic heterocycles. The third-order valence-electron chi connectivity index (χ3n) is 2.43. The van der Waals surface area contributed by atoms with Gasteiger partial charge in [-0.3, -0.25) is 0 Å². The van der Waals surface area contributed by atoms with Crippen molar-refractivity contribution in [2.45, 2.75) is 12.5 Å². The van der Waals surface area contributed by atoms with E-state index in [0.29, 0.717) is 0 Å². The summed E-state index contributed by atoms with van der Waals surface area (Å²) in [6, 6.07) is 4.55. The normalized spacial score (nSPS) is 19.9. The maximum Gasteiger partial charge on any atom is 0.416 e. The Bertz CT molecular complexity index is 520. The molecule has 1 heterocycles. The monoisotopic (exact) mass is 276 g/mol. The van der Waals surface area contributed by atoms with E-state index in [1.54, 1.807) is 0 Å². The second-order valence-corrected chi connectivity index (χ2v) is 4.04. The number of alkyl halides is 3. The lowest BCUT2D eigenvalue weighted by molar-refractivity contribution is -0.137. The second-order valence-electron chi connectivity index (χ2n) is 3.63. The van der Waals surface area contributed by atoms with Crippen LogP contribution in [-0.2, 0) is 10.9 Å². The van der Waals surface area contributed by atoms with E-state index in [0.717, 1.165) is 12.1 Å². The molecule has 0 saturated carbocycles. The van der Waals surface area contributed by atoms with Gasteiger partial charge in [0, 0.05) is 5.57 Å². The molecule has 0 spiro atoms. The summed E-state index contributed by atoms with van der Waals surface area (Å²) in [4.78, 5) is 0. The number of hydrogen-bond acceptors (Lipinski definition) is 2. The molecule has 0 saturated heterocycles. The Kier molecular flexibility index (Phi) is 3.36. The van der Waals surface area contributed by atoms with Crippen LogP contribution in [0.2, 0.25) is 0 Å². The van der Waals surface area contributed by atoms with Crippen LogP contribution in [0.4, 0.5) is 13.2 Å². The summed E-state index contributed by atoms with van der Waals surface area (Å²) in [6.07, 6.45) is -3.26. The number of benzene rings is 1. The van der Waals surface area contributed by atoms with Crippen molar-refractivity contribution in [1.29, 1.82) is 0 Å². The van der Waals surface area contributed by atoms with Gasteiger partial charge in [-0.15, -0.1) is 0 Å². The van der Waals surface area contributed by atoms with Crippen molar-refractivity contribution >= 4 is 17.2 Å². The van der Waals surface area contributed by atoms with Gasteiger partial charge < -0.3 is 9.84 Å². The van der Waals surface area contributed by atoms with Crippen LogP contribution in [0.15, 0.2) is 41.6 Å². The van der Waals surface area contributed by atoms with Gasteiger partial charge in [-0.2, -0.15) is 13.2 Å². The molecular weight excluding hydrogens is 269 g/mol. The van der Waals surface area contributed by atoms with Gasteiger partial charge in [0.1, 0.15) is 0 Å². The maximum absolute atomic E-state index is 12.6. The number of aliphatic hydroxyl groups excluding tert-OH is 1. The van der Waals surface area contributed by atoms with E-state index in [9.17, 15) is 18.3 Å². The van der Waals surface area contributed by atoms with Gasteiger partial charge in [0.25, 0.3) is 0 Å². The minimum absolute atomic E-state index is 0.116. The maximum atomic E-state index is 12.6. The van der Waals surface area contributed by atoms with E-state index in [2.05, 4.69) is 0 Å². The van der Waals surface area contributed by atoms with E-state index < -0.39 is 18.0 Å². The Balaban J connectivity index is 2.49. The van der Waals surface area contributed by atoms with E-state index in [4.69, 9.17) is 16.3 Å². The van der Waals surface area contributed by atoms with Gasteiger partial charge in [-0.05, 0) is 23.8 Å². The van der Waals surface area contributed by atoms with E-state index in [-0.39, 0.29) is 16.2 Å². The Hall–Kier alpha value is -1.46. The fraction of sp³-hybridized carbons (Fsp3) is 0.167. The van der Waals surface area contributed by atoms with Gasteiger partial charge in [0.15, 0.2) is 0 Å². The number of hydrogen-bond donors (Lipinski definition) is 1. The van der Waals surface area contributed by atoms with Crippen LogP contribution in [-0.4, -0.2) is 11.4 Å². The summed E-state index contributed by atoms with van der Waals surface area (Å²) in [6.45, 7) is 0. The number of ether oxygens (including phenoxy) is 1. The number of rotatable bonds is 1. The summed E-state index contributed by atoms with van der Waals surface area (Å²) in [7, 11) is 0. The van der Waals surface area contributed by atoms with Gasteiger partial charge in [-0.25, -0.2) is 0 Å². The molecule has 0 radical (unpaired) electrons. The Morgan fingerprint density at radius 1 is 1.28 bits per heavy atom. The fourth-order valence-electron chi connectivity index (χ4n) is 1.59. The van der Waals surface area contributed by atoms with Crippen molar-refractivity contribution in [3.63, 3.8) is 0 Å². The molecule has 18 heavy (non-hydrogen) atoms. The molecule has 1 aromatic rings. The molecule has 0 bridgehead atoms. The average Bonchev–Trinajstić information content (AvgIpc) is 2.28. The van der Waals surface area contributed by atoms with Crippen molar-refractivity contribution in [3.05, 3.63) is 52.8 Å². The molecule has 0 fully saturated rings.